The van der Waals surface area contributed by atoms with Gasteiger partial charge in [-0.1, -0.05) is 43.2 Å². The number of hydrogen-bond donors (Lipinski definition) is 3. The van der Waals surface area contributed by atoms with Crippen LogP contribution in [-0.4, -0.2) is 119 Å². The summed E-state index contributed by atoms with van der Waals surface area (Å²) < 4.78 is 82.8. The number of benzene rings is 2. The Morgan fingerprint density at radius 3 is 2.17 bits per heavy atom. The minimum absolute atomic E-state index is 0.246. The van der Waals surface area contributed by atoms with Gasteiger partial charge in [0.05, 0.1) is 56.6 Å². The maximum Gasteiger partial charge on any atom is 0.264 e. The Bertz CT molecular complexity index is 2110. The van der Waals surface area contributed by atoms with Crippen LogP contribution in [0.4, 0.5) is 11.4 Å². The van der Waals surface area contributed by atoms with Crippen LogP contribution in [0.5, 0.6) is 0 Å². The number of anilines is 1. The molecule has 2 aliphatic rings. The first-order chi connectivity index (χ1) is 27.5. The summed E-state index contributed by atoms with van der Waals surface area (Å²) in [6, 6.07) is 13.7. The van der Waals surface area contributed by atoms with Crippen LogP contribution < -0.4 is 10.2 Å². The fraction of sp³-hybridized carbons (Fsp3) is 0.550. The van der Waals surface area contributed by atoms with E-state index in [9.17, 15) is 30.7 Å². The van der Waals surface area contributed by atoms with E-state index in [1.54, 1.807) is 6.07 Å². The van der Waals surface area contributed by atoms with Gasteiger partial charge in [0.15, 0.2) is 5.71 Å². The molecule has 2 aliphatic heterocycles. The Labute approximate surface area is 342 Å². The number of carbonyl (C=O) groups is 1. The Kier molecular flexibility index (Phi) is 17.0. The van der Waals surface area contributed by atoms with Gasteiger partial charge in [-0.3, -0.25) is 13.9 Å². The lowest BCUT2D eigenvalue weighted by Crippen LogP contribution is -2.28. The second-order valence-electron chi connectivity index (χ2n) is 15.1. The zero-order valence-corrected chi connectivity index (χ0v) is 35.4. The maximum absolute atomic E-state index is 13.3. The van der Waals surface area contributed by atoms with E-state index in [2.05, 4.69) is 70.7 Å². The van der Waals surface area contributed by atoms with Gasteiger partial charge in [-0.25, -0.2) is 0 Å². The van der Waals surface area contributed by atoms with Crippen LogP contribution in [0, 0.1) is 0 Å². The van der Waals surface area contributed by atoms with Crippen molar-refractivity contribution in [3.8, 4) is 0 Å². The molecule has 0 saturated heterocycles. The predicted octanol–water partition coefficient (Wildman–Crippen LogP) is 5.73. The molecule has 0 spiro atoms. The van der Waals surface area contributed by atoms with Crippen LogP contribution in [-0.2, 0) is 45.3 Å². The molecule has 1 amide bonds. The van der Waals surface area contributed by atoms with Crippen molar-refractivity contribution in [1.29, 1.82) is 0 Å². The van der Waals surface area contributed by atoms with Crippen LogP contribution >= 0.6 is 0 Å². The molecule has 0 radical (unpaired) electrons. The summed E-state index contributed by atoms with van der Waals surface area (Å²) >= 11 is 0. The predicted molar refractivity (Wildman–Crippen MR) is 223 cm³/mol. The normalized spacial score (nSPS) is 16.5. The molecule has 2 aromatic rings. The van der Waals surface area contributed by atoms with Gasteiger partial charge >= 0.3 is 0 Å². The molecule has 0 unspecified atom stereocenters. The zero-order valence-electron chi connectivity index (χ0n) is 33.8. The molecular weight excluding hydrogens is 789 g/mol. The summed E-state index contributed by atoms with van der Waals surface area (Å²) in [6.07, 6.45) is 7.77. The van der Waals surface area contributed by atoms with Crippen LogP contribution in [0.1, 0.15) is 74.9 Å². The van der Waals surface area contributed by atoms with Crippen molar-refractivity contribution in [2.24, 2.45) is 5.11 Å². The number of nitrogens with one attached hydrogen (secondary N) is 1. The summed E-state index contributed by atoms with van der Waals surface area (Å²) in [7, 11) is -8.15. The molecule has 0 atom stereocenters. The Morgan fingerprint density at radius 1 is 0.862 bits per heavy atom. The van der Waals surface area contributed by atoms with Crippen LogP contribution in [0.15, 0.2) is 71.5 Å². The van der Waals surface area contributed by atoms with Crippen molar-refractivity contribution in [2.45, 2.75) is 64.2 Å². The van der Waals surface area contributed by atoms with E-state index in [1.807, 2.05) is 36.4 Å². The average Bonchev–Trinajstić information content (AvgIpc) is 3.50. The van der Waals surface area contributed by atoms with Gasteiger partial charge in [-0.2, -0.15) is 21.4 Å². The molecule has 318 valence electrons. The lowest BCUT2D eigenvalue weighted by atomic mass is 9.81. The van der Waals surface area contributed by atoms with Gasteiger partial charge in [-0.15, -0.1) is 0 Å². The zero-order chi connectivity index (χ0) is 42.4. The first-order valence-corrected chi connectivity index (χ1v) is 22.7. The van der Waals surface area contributed by atoms with Crippen molar-refractivity contribution in [3.63, 3.8) is 0 Å². The molecule has 58 heavy (non-hydrogen) atoms. The number of hydrogen-bond acceptors (Lipinski definition) is 10. The van der Waals surface area contributed by atoms with Gasteiger partial charge in [0, 0.05) is 71.0 Å². The fourth-order valence-electron chi connectivity index (χ4n) is 7.31. The van der Waals surface area contributed by atoms with E-state index in [-0.39, 0.29) is 35.8 Å². The number of rotatable bonds is 25. The molecule has 16 nitrogen and oxygen atoms in total. The molecule has 3 N–H and O–H groups in total. The Hall–Kier alpha value is -4.13. The second kappa shape index (κ2) is 21.2. The summed E-state index contributed by atoms with van der Waals surface area (Å²) in [6.45, 7) is 12.2. The molecule has 2 aromatic carbocycles. The summed E-state index contributed by atoms with van der Waals surface area (Å²) in [5, 5.41) is 6.30. The van der Waals surface area contributed by atoms with Crippen molar-refractivity contribution >= 4 is 43.2 Å². The van der Waals surface area contributed by atoms with E-state index in [0.717, 1.165) is 33.9 Å². The minimum Gasteiger partial charge on any atom is -0.379 e. The monoisotopic (exact) mass is 845 g/mol. The van der Waals surface area contributed by atoms with E-state index in [0.29, 0.717) is 84.1 Å². The van der Waals surface area contributed by atoms with Gasteiger partial charge in [0.2, 0.25) is 5.69 Å². The van der Waals surface area contributed by atoms with Crippen molar-refractivity contribution in [1.82, 2.24) is 5.32 Å². The van der Waals surface area contributed by atoms with Crippen LogP contribution in [0.3, 0.4) is 0 Å². The smallest absolute Gasteiger partial charge is 0.264 e. The molecule has 2 heterocycles. The van der Waals surface area contributed by atoms with Crippen LogP contribution in [0.25, 0.3) is 10.4 Å². The van der Waals surface area contributed by atoms with Gasteiger partial charge < -0.3 is 24.4 Å². The van der Waals surface area contributed by atoms with E-state index in [4.69, 9.17) is 19.7 Å². The molecule has 18 heteroatoms. The SMILES string of the molecule is CC1(C)C(/C=C/C=C2/N(CCCCS(=O)(=O)O)c3ccc(C(=O)NCCOCCOCCOCCN=[N+]=[N-])cc3C2(C)C)=[N+](CCCCS(=O)(=O)O)c2ccccc21. The number of para-hydroxylation sites is 1. The number of allylic oxidation sites excluding steroid dienone is 4. The topological polar surface area (TPSA) is 221 Å². The molecule has 0 saturated carbocycles. The largest absolute Gasteiger partial charge is 0.379 e. The van der Waals surface area contributed by atoms with Crippen molar-refractivity contribution in [2.75, 3.05) is 82.2 Å². The molecule has 4 rings (SSSR count). The highest BCUT2D eigenvalue weighted by Gasteiger charge is 2.44. The molecule has 0 fully saturated rings. The van der Waals surface area contributed by atoms with Crippen molar-refractivity contribution in [3.05, 3.63) is 93.5 Å². The third kappa shape index (κ3) is 13.2. The minimum atomic E-state index is -4.10. The highest BCUT2D eigenvalue weighted by atomic mass is 32.2. The van der Waals surface area contributed by atoms with Crippen molar-refractivity contribution < 1.29 is 49.5 Å². The fourth-order valence-corrected chi connectivity index (χ4v) is 8.45. The number of azide groups is 1. The Morgan fingerprint density at radius 2 is 1.50 bits per heavy atom. The third-order valence-corrected chi connectivity index (χ3v) is 11.8. The third-order valence-electron chi connectivity index (χ3n) is 10.2. The lowest BCUT2D eigenvalue weighted by molar-refractivity contribution is -0.438. The van der Waals surface area contributed by atoms with Gasteiger partial charge in [0.25, 0.3) is 26.1 Å². The molecular formula is C40H57N6O10S2+. The van der Waals surface area contributed by atoms with Gasteiger partial charge in [0.1, 0.15) is 6.54 Å². The quantitative estimate of drug-likeness (QED) is 0.0274. The number of nitrogens with zero attached hydrogens (tertiary/aromatic N) is 5. The number of fused-ring (bicyclic) bond motifs is 2. The van der Waals surface area contributed by atoms with E-state index in [1.165, 1.54) is 0 Å². The first-order valence-electron chi connectivity index (χ1n) is 19.5. The molecule has 0 aliphatic carbocycles. The number of carbonyl (C=O) groups excluding carboxylic acids is 1. The standard InChI is InChI=1S/C40H56N6O10S2/c1-39(2)32-12-5-6-13-34(32)45(20-7-9-28-57(48,49)50)36(39)14-11-15-37-40(3,4)33-30-31(16-17-35(33)46(37)21-8-10-29-58(51,52)53)38(47)42-18-22-54-24-26-56-27-25-55-23-19-43-44-41/h5-6,11-17,30H,7-10,18-29H2,1-4H3,(H2-,42,47,48,49,50,51,52,53)/p+1. The Balaban J connectivity index is 1.48. The molecule has 0 bridgehead atoms. The molecule has 0 aromatic heterocycles. The first kappa shape index (κ1) is 46.6. The highest BCUT2D eigenvalue weighted by Crippen LogP contribution is 2.48. The van der Waals surface area contributed by atoms with E-state index >= 15 is 0 Å². The summed E-state index contributed by atoms with van der Waals surface area (Å²) in [5.74, 6) is -0.880. The number of amides is 1. The summed E-state index contributed by atoms with van der Waals surface area (Å²) in [5.41, 5.74) is 13.9. The lowest BCUT2D eigenvalue weighted by Gasteiger charge is -2.27. The highest BCUT2D eigenvalue weighted by molar-refractivity contribution is 7.86. The summed E-state index contributed by atoms with van der Waals surface area (Å²) in [4.78, 5) is 18.1. The number of unbranched alkanes of at least 4 members (excludes halogenated alkanes) is 2. The van der Waals surface area contributed by atoms with Crippen LogP contribution in [0.2, 0.25) is 0 Å². The average molecular weight is 846 g/mol. The van der Waals surface area contributed by atoms with Gasteiger partial charge in [-0.05, 0) is 68.5 Å². The second-order valence-corrected chi connectivity index (χ2v) is 18.3. The maximum atomic E-state index is 13.3. The number of ether oxygens (including phenoxy) is 3. The van der Waals surface area contributed by atoms with E-state index < -0.39 is 25.7 Å².